The fourth-order valence-electron chi connectivity index (χ4n) is 2.24. The normalized spacial score (nSPS) is 11.4. The number of aromatic amines is 2. The Kier molecular flexibility index (Phi) is 5.05. The van der Waals surface area contributed by atoms with Crippen molar-refractivity contribution >= 4 is 15.7 Å². The molecule has 0 bridgehead atoms. The molecule has 1 aromatic carbocycles. The van der Waals surface area contributed by atoms with Gasteiger partial charge in [0.15, 0.2) is 4.90 Å². The molecule has 124 valence electrons. The second-order valence-corrected chi connectivity index (χ2v) is 6.89. The molecule has 0 atom stereocenters. The van der Waals surface area contributed by atoms with Crippen molar-refractivity contribution in [3.63, 3.8) is 0 Å². The van der Waals surface area contributed by atoms with E-state index in [9.17, 15) is 18.0 Å². The third-order valence-corrected chi connectivity index (χ3v) is 4.90. The van der Waals surface area contributed by atoms with E-state index in [1.54, 1.807) is 12.1 Å². The molecule has 0 aliphatic rings. The molecule has 2 aromatic rings. The van der Waals surface area contributed by atoms with E-state index >= 15 is 0 Å². The van der Waals surface area contributed by atoms with Gasteiger partial charge in [0.05, 0.1) is 0 Å². The van der Waals surface area contributed by atoms with Gasteiger partial charge in [-0.05, 0) is 37.5 Å². The summed E-state index contributed by atoms with van der Waals surface area (Å²) in [5.41, 5.74) is -0.223. The number of aryl methyl sites for hydroxylation is 2. The number of hydrogen-bond donors (Lipinski definition) is 3. The highest BCUT2D eigenvalue weighted by Crippen LogP contribution is 2.16. The van der Waals surface area contributed by atoms with E-state index in [1.165, 1.54) is 6.92 Å². The van der Waals surface area contributed by atoms with Gasteiger partial charge in [-0.1, -0.05) is 25.5 Å². The lowest BCUT2D eigenvalue weighted by atomic mass is 10.1. The van der Waals surface area contributed by atoms with Crippen molar-refractivity contribution in [1.29, 1.82) is 0 Å². The first-order valence-electron chi connectivity index (χ1n) is 7.28. The summed E-state index contributed by atoms with van der Waals surface area (Å²) in [5.74, 6) is 0. The van der Waals surface area contributed by atoms with Gasteiger partial charge in [0.1, 0.15) is 0 Å². The molecule has 0 aliphatic carbocycles. The summed E-state index contributed by atoms with van der Waals surface area (Å²) in [4.78, 5) is 26.6. The minimum absolute atomic E-state index is 0.00850. The Hall–Kier alpha value is -2.35. The highest BCUT2D eigenvalue weighted by molar-refractivity contribution is 7.92. The molecule has 3 N–H and O–H groups in total. The lowest BCUT2D eigenvalue weighted by molar-refractivity contribution is 0.598. The quantitative estimate of drug-likeness (QED) is 0.742. The molecule has 0 saturated carbocycles. The second-order valence-electron chi connectivity index (χ2n) is 5.27. The highest BCUT2D eigenvalue weighted by Gasteiger charge is 2.22. The van der Waals surface area contributed by atoms with E-state index in [0.717, 1.165) is 24.8 Å². The fourth-order valence-corrected chi connectivity index (χ4v) is 3.54. The topological polar surface area (TPSA) is 112 Å². The van der Waals surface area contributed by atoms with Crippen LogP contribution in [0.3, 0.4) is 0 Å². The zero-order valence-electron chi connectivity index (χ0n) is 13.0. The van der Waals surface area contributed by atoms with E-state index in [4.69, 9.17) is 0 Å². The van der Waals surface area contributed by atoms with Crippen LogP contribution < -0.4 is 16.0 Å². The smallest absolute Gasteiger partial charge is 0.310 e. The summed E-state index contributed by atoms with van der Waals surface area (Å²) < 4.78 is 27.1. The Labute approximate surface area is 133 Å². The maximum absolute atomic E-state index is 12.4. The van der Waals surface area contributed by atoms with E-state index < -0.39 is 26.2 Å². The van der Waals surface area contributed by atoms with E-state index in [2.05, 4.69) is 16.6 Å². The van der Waals surface area contributed by atoms with Crippen molar-refractivity contribution < 1.29 is 8.42 Å². The molecule has 7 nitrogen and oxygen atoms in total. The van der Waals surface area contributed by atoms with Gasteiger partial charge >= 0.3 is 5.69 Å². The summed E-state index contributed by atoms with van der Waals surface area (Å²) >= 11 is 0. The van der Waals surface area contributed by atoms with Gasteiger partial charge in [-0.15, -0.1) is 0 Å². The number of nitrogens with one attached hydrogen (secondary N) is 3. The molecule has 0 amide bonds. The molecule has 23 heavy (non-hydrogen) atoms. The van der Waals surface area contributed by atoms with Gasteiger partial charge in [0.2, 0.25) is 0 Å². The van der Waals surface area contributed by atoms with Crippen LogP contribution in [0.5, 0.6) is 0 Å². The summed E-state index contributed by atoms with van der Waals surface area (Å²) in [7, 11) is -4.09. The third kappa shape index (κ3) is 4.10. The van der Waals surface area contributed by atoms with Gasteiger partial charge in [0.25, 0.3) is 15.6 Å². The van der Waals surface area contributed by atoms with Crippen LogP contribution in [-0.4, -0.2) is 18.4 Å². The molecule has 0 aliphatic heterocycles. The van der Waals surface area contributed by atoms with Crippen molar-refractivity contribution in [3.05, 3.63) is 56.4 Å². The summed E-state index contributed by atoms with van der Waals surface area (Å²) in [6, 6.07) is 6.99. The van der Waals surface area contributed by atoms with Crippen LogP contribution in [-0.2, 0) is 16.4 Å². The zero-order valence-corrected chi connectivity index (χ0v) is 13.8. The second kappa shape index (κ2) is 6.82. The van der Waals surface area contributed by atoms with Crippen molar-refractivity contribution in [2.75, 3.05) is 4.72 Å². The molecule has 1 aromatic heterocycles. The fraction of sp³-hybridized carbons (Fsp3) is 0.333. The maximum atomic E-state index is 12.4. The van der Waals surface area contributed by atoms with Gasteiger partial charge in [-0.2, -0.15) is 0 Å². The number of aromatic nitrogens is 2. The number of rotatable bonds is 6. The first-order chi connectivity index (χ1) is 10.8. The molecule has 0 radical (unpaired) electrons. The molecule has 0 saturated heterocycles. The number of H-pyrrole nitrogens is 2. The Morgan fingerprint density at radius 3 is 2.30 bits per heavy atom. The summed E-state index contributed by atoms with van der Waals surface area (Å²) in [5, 5.41) is 0. The predicted octanol–water partition coefficient (Wildman–Crippen LogP) is 1.52. The Balaban J connectivity index is 2.29. The predicted molar refractivity (Wildman–Crippen MR) is 88.3 cm³/mol. The van der Waals surface area contributed by atoms with Crippen molar-refractivity contribution in [2.45, 2.75) is 38.0 Å². The summed E-state index contributed by atoms with van der Waals surface area (Å²) in [6.45, 7) is 3.46. The van der Waals surface area contributed by atoms with E-state index in [0.29, 0.717) is 5.69 Å². The zero-order chi connectivity index (χ0) is 17.0. The van der Waals surface area contributed by atoms with Crippen molar-refractivity contribution in [1.82, 2.24) is 9.97 Å². The lowest BCUT2D eigenvalue weighted by Gasteiger charge is -2.09. The standard InChI is InChI=1S/C15H19N3O4S/c1-3-4-5-11-6-8-12(9-7-11)18-23(21,22)13-10(2)16-15(20)17-14(13)19/h6-9,18H,3-5H2,1-2H3,(H2,16,17,19,20). The Morgan fingerprint density at radius 2 is 1.74 bits per heavy atom. The molecule has 0 spiro atoms. The third-order valence-electron chi connectivity index (χ3n) is 3.37. The number of hydrogen-bond acceptors (Lipinski definition) is 4. The lowest BCUT2D eigenvalue weighted by Crippen LogP contribution is -2.31. The minimum Gasteiger partial charge on any atom is -0.310 e. The van der Waals surface area contributed by atoms with Crippen LogP contribution in [0.25, 0.3) is 0 Å². The number of sulfonamides is 1. The van der Waals surface area contributed by atoms with Crippen LogP contribution in [0.2, 0.25) is 0 Å². The van der Waals surface area contributed by atoms with Crippen LogP contribution >= 0.6 is 0 Å². The Morgan fingerprint density at radius 1 is 1.09 bits per heavy atom. The number of benzene rings is 1. The Bertz CT molecular complexity index is 896. The van der Waals surface area contributed by atoms with Gasteiger partial charge in [0, 0.05) is 11.4 Å². The molecule has 1 heterocycles. The number of unbranched alkanes of at least 4 members (excludes halogenated alkanes) is 1. The SMILES string of the molecule is CCCCc1ccc(NS(=O)(=O)c2c(C)[nH]c(=O)[nH]c2=O)cc1. The molecule has 8 heteroatoms. The average Bonchev–Trinajstić information content (AvgIpc) is 2.44. The first kappa shape index (κ1) is 17.0. The van der Waals surface area contributed by atoms with Gasteiger partial charge < -0.3 is 4.98 Å². The van der Waals surface area contributed by atoms with E-state index in [1.807, 2.05) is 17.1 Å². The molecular formula is C15H19N3O4S. The maximum Gasteiger partial charge on any atom is 0.325 e. The summed E-state index contributed by atoms with van der Waals surface area (Å²) in [6.07, 6.45) is 3.09. The molecular weight excluding hydrogens is 318 g/mol. The van der Waals surface area contributed by atoms with Crippen LogP contribution in [0, 0.1) is 6.92 Å². The van der Waals surface area contributed by atoms with Crippen LogP contribution in [0.4, 0.5) is 5.69 Å². The molecule has 0 fully saturated rings. The average molecular weight is 337 g/mol. The van der Waals surface area contributed by atoms with E-state index in [-0.39, 0.29) is 5.69 Å². The minimum atomic E-state index is -4.09. The van der Waals surface area contributed by atoms with Crippen LogP contribution in [0.1, 0.15) is 31.0 Å². The van der Waals surface area contributed by atoms with Gasteiger partial charge in [-0.3, -0.25) is 14.5 Å². The highest BCUT2D eigenvalue weighted by atomic mass is 32.2. The monoisotopic (exact) mass is 337 g/mol. The van der Waals surface area contributed by atoms with Gasteiger partial charge in [-0.25, -0.2) is 13.2 Å². The van der Waals surface area contributed by atoms with Crippen molar-refractivity contribution in [3.8, 4) is 0 Å². The first-order valence-corrected chi connectivity index (χ1v) is 8.77. The largest absolute Gasteiger partial charge is 0.325 e. The van der Waals surface area contributed by atoms with Crippen molar-refractivity contribution in [2.24, 2.45) is 0 Å². The molecule has 2 rings (SSSR count). The van der Waals surface area contributed by atoms with Crippen LogP contribution in [0.15, 0.2) is 38.8 Å². The molecule has 0 unspecified atom stereocenters. The number of anilines is 1.